The molecule has 0 aliphatic heterocycles. The van der Waals surface area contributed by atoms with E-state index >= 15 is 0 Å². The molecule has 5 rings (SSSR count). The lowest BCUT2D eigenvalue weighted by Gasteiger charge is -2.30. The van der Waals surface area contributed by atoms with Crippen LogP contribution in [0.25, 0.3) is 22.0 Å². The Labute approximate surface area is 198 Å². The number of hydrogen-bond acceptors (Lipinski definition) is 4. The number of hydrogen-bond donors (Lipinski definition) is 2. The Hall–Kier alpha value is -2.50. The molecule has 4 nitrogen and oxygen atoms in total. The molecule has 6 heteroatoms. The summed E-state index contributed by atoms with van der Waals surface area (Å²) in [5, 5.41) is 4.99. The van der Waals surface area contributed by atoms with Crippen LogP contribution in [0.1, 0.15) is 54.4 Å². The number of nitrogens with zero attached hydrogens (tertiary/aromatic N) is 1. The zero-order valence-electron chi connectivity index (χ0n) is 18.8. The molecule has 0 radical (unpaired) electrons. The van der Waals surface area contributed by atoms with Crippen LogP contribution in [0.15, 0.2) is 36.5 Å². The minimum Gasteiger partial charge on any atom is -0.381 e. The fraction of sp³-hybridized carbons (Fsp3) is 0.407. The summed E-state index contributed by atoms with van der Waals surface area (Å²) in [5.74, 6) is 0.518. The van der Waals surface area contributed by atoms with Crippen molar-refractivity contribution < 1.29 is 9.18 Å². The summed E-state index contributed by atoms with van der Waals surface area (Å²) >= 11 is 6.26. The van der Waals surface area contributed by atoms with Gasteiger partial charge in [0.25, 0.3) is 0 Å². The van der Waals surface area contributed by atoms with Crippen LogP contribution in [0.2, 0.25) is 5.02 Å². The molecule has 0 unspecified atom stereocenters. The van der Waals surface area contributed by atoms with Gasteiger partial charge < -0.3 is 11.1 Å². The molecule has 2 fully saturated rings. The number of ketones is 1. The smallest absolute Gasteiger partial charge is 0.169 e. The molecule has 1 aromatic heterocycles. The van der Waals surface area contributed by atoms with Gasteiger partial charge in [-0.1, -0.05) is 17.7 Å². The first-order valence-electron chi connectivity index (χ1n) is 11.8. The van der Waals surface area contributed by atoms with Crippen molar-refractivity contribution in [2.24, 2.45) is 17.6 Å². The number of carbonyl (C=O) groups is 1. The molecule has 2 aromatic carbocycles. The second-order valence-corrected chi connectivity index (χ2v) is 9.99. The number of nitrogens with two attached hydrogens (primary N) is 1. The fourth-order valence-electron chi connectivity index (χ4n) is 4.84. The van der Waals surface area contributed by atoms with E-state index in [1.54, 1.807) is 19.2 Å². The van der Waals surface area contributed by atoms with Gasteiger partial charge >= 0.3 is 0 Å². The van der Waals surface area contributed by atoms with E-state index in [0.29, 0.717) is 33.7 Å². The lowest BCUT2D eigenvalue weighted by Crippen LogP contribution is -2.29. The van der Waals surface area contributed by atoms with E-state index in [9.17, 15) is 9.18 Å². The van der Waals surface area contributed by atoms with Gasteiger partial charge in [-0.05, 0) is 93.3 Å². The molecule has 33 heavy (non-hydrogen) atoms. The zero-order valence-corrected chi connectivity index (χ0v) is 19.6. The van der Waals surface area contributed by atoms with Crippen LogP contribution in [-0.2, 0) is 0 Å². The molecule has 0 saturated heterocycles. The third-order valence-electron chi connectivity index (χ3n) is 7.22. The van der Waals surface area contributed by atoms with Crippen molar-refractivity contribution in [2.45, 2.75) is 51.5 Å². The first-order chi connectivity index (χ1) is 15.9. The molecule has 2 aliphatic carbocycles. The highest BCUT2D eigenvalue weighted by molar-refractivity contribution is 6.31. The molecule has 2 aliphatic rings. The second kappa shape index (κ2) is 9.03. The van der Waals surface area contributed by atoms with Crippen LogP contribution < -0.4 is 11.1 Å². The third kappa shape index (κ3) is 4.49. The van der Waals surface area contributed by atoms with Crippen LogP contribution in [0.3, 0.4) is 0 Å². The van der Waals surface area contributed by atoms with Crippen molar-refractivity contribution in [3.8, 4) is 11.1 Å². The summed E-state index contributed by atoms with van der Waals surface area (Å²) in [7, 11) is 0. The predicted octanol–water partition coefficient (Wildman–Crippen LogP) is 6.52. The van der Waals surface area contributed by atoms with E-state index < -0.39 is 0 Å². The highest BCUT2D eigenvalue weighted by atomic mass is 35.5. The topological polar surface area (TPSA) is 68.0 Å². The van der Waals surface area contributed by atoms with Crippen LogP contribution in [0.5, 0.6) is 0 Å². The lowest BCUT2D eigenvalue weighted by atomic mass is 9.85. The molecule has 3 N–H and O–H groups in total. The Morgan fingerprint density at radius 3 is 2.55 bits per heavy atom. The van der Waals surface area contributed by atoms with Crippen molar-refractivity contribution in [1.29, 1.82) is 0 Å². The van der Waals surface area contributed by atoms with Crippen LogP contribution >= 0.6 is 11.6 Å². The highest BCUT2D eigenvalue weighted by Gasteiger charge is 2.33. The highest BCUT2D eigenvalue weighted by Crippen LogP contribution is 2.39. The molecule has 0 atom stereocenters. The number of anilines is 1. The normalized spacial score (nSPS) is 20.7. The number of benzene rings is 2. The van der Waals surface area contributed by atoms with Gasteiger partial charge in [-0.15, -0.1) is 0 Å². The van der Waals surface area contributed by atoms with E-state index in [-0.39, 0.29) is 17.5 Å². The minimum atomic E-state index is -0.330. The zero-order chi connectivity index (χ0) is 23.1. The van der Waals surface area contributed by atoms with Gasteiger partial charge in [0, 0.05) is 34.1 Å². The average molecular weight is 466 g/mol. The number of Topliss-reactive ketones (excluding diaryl/α,β-unsaturated/α-hetero) is 1. The average Bonchev–Trinajstić information content (AvgIpc) is 3.68. The van der Waals surface area contributed by atoms with E-state index in [0.717, 1.165) is 67.2 Å². The van der Waals surface area contributed by atoms with Gasteiger partial charge in [-0.3, -0.25) is 9.78 Å². The lowest BCUT2D eigenvalue weighted by molar-refractivity contribution is 0.0968. The van der Waals surface area contributed by atoms with Crippen molar-refractivity contribution >= 4 is 34.0 Å². The van der Waals surface area contributed by atoms with Crippen molar-refractivity contribution in [3.63, 3.8) is 0 Å². The molecular weight excluding hydrogens is 437 g/mol. The number of pyridine rings is 1. The number of rotatable bonds is 6. The largest absolute Gasteiger partial charge is 0.381 e. The number of aromatic nitrogens is 1. The second-order valence-electron chi connectivity index (χ2n) is 9.58. The molecule has 172 valence electrons. The Morgan fingerprint density at radius 2 is 1.88 bits per heavy atom. The summed E-state index contributed by atoms with van der Waals surface area (Å²) < 4.78 is 14.4. The van der Waals surface area contributed by atoms with Crippen LogP contribution in [-0.4, -0.2) is 23.4 Å². The summed E-state index contributed by atoms with van der Waals surface area (Å²) in [5.41, 5.74) is 10.2. The van der Waals surface area contributed by atoms with E-state index in [1.807, 2.05) is 18.2 Å². The summed E-state index contributed by atoms with van der Waals surface area (Å²) in [4.78, 5) is 17.7. The maximum atomic E-state index is 14.4. The van der Waals surface area contributed by atoms with Gasteiger partial charge in [0.15, 0.2) is 5.78 Å². The SMILES string of the molecule is Cc1c(F)cc(-c2ccc3ncc(C(=O)C4CC4)c(N[C@H]4CC[C@H](CN)CC4)c3c2)cc1Cl. The Morgan fingerprint density at radius 1 is 1.12 bits per heavy atom. The van der Waals surface area contributed by atoms with Gasteiger partial charge in [-0.2, -0.15) is 0 Å². The van der Waals surface area contributed by atoms with Crippen LogP contribution in [0.4, 0.5) is 10.1 Å². The number of carbonyl (C=O) groups excluding carboxylic acids is 1. The fourth-order valence-corrected chi connectivity index (χ4v) is 5.05. The summed E-state index contributed by atoms with van der Waals surface area (Å²) in [6.45, 7) is 2.40. The van der Waals surface area contributed by atoms with Gasteiger partial charge in [0.1, 0.15) is 5.82 Å². The van der Waals surface area contributed by atoms with Crippen molar-refractivity contribution in [3.05, 3.63) is 58.5 Å². The maximum absolute atomic E-state index is 14.4. The third-order valence-corrected chi connectivity index (χ3v) is 7.62. The van der Waals surface area contributed by atoms with Gasteiger partial charge in [0.2, 0.25) is 0 Å². The quantitative estimate of drug-likeness (QED) is 0.406. The Balaban J connectivity index is 1.59. The first kappa shape index (κ1) is 22.3. The number of halogens is 2. The molecule has 0 amide bonds. The van der Waals surface area contributed by atoms with E-state index in [4.69, 9.17) is 17.3 Å². The molecule has 0 spiro atoms. The standard InChI is InChI=1S/C27H29ClFN3O/c1-15-23(28)11-19(12-24(15)29)18-6-9-25-21(10-18)26(22(14-31-25)27(33)17-4-5-17)32-20-7-2-16(13-30)3-8-20/h6,9-12,14,16-17,20H,2-5,7-8,13,30H2,1H3,(H,31,32)/t16-,20-. The molecule has 3 aromatic rings. The molecular formula is C27H29ClFN3O. The van der Waals surface area contributed by atoms with E-state index in [2.05, 4.69) is 10.3 Å². The molecule has 0 bridgehead atoms. The number of fused-ring (bicyclic) bond motifs is 1. The predicted molar refractivity (Wildman–Crippen MR) is 132 cm³/mol. The Bertz CT molecular complexity index is 1190. The van der Waals surface area contributed by atoms with Crippen molar-refractivity contribution in [1.82, 2.24) is 4.98 Å². The monoisotopic (exact) mass is 465 g/mol. The van der Waals surface area contributed by atoms with Crippen LogP contribution in [0, 0.1) is 24.6 Å². The summed E-state index contributed by atoms with van der Waals surface area (Å²) in [6, 6.07) is 9.44. The maximum Gasteiger partial charge on any atom is 0.169 e. The number of nitrogens with one attached hydrogen (secondary N) is 1. The molecule has 1 heterocycles. The van der Waals surface area contributed by atoms with E-state index in [1.165, 1.54) is 6.07 Å². The van der Waals surface area contributed by atoms with Crippen molar-refractivity contribution in [2.75, 3.05) is 11.9 Å². The minimum absolute atomic E-state index is 0.103. The van der Waals surface area contributed by atoms with Gasteiger partial charge in [-0.25, -0.2) is 4.39 Å². The first-order valence-corrected chi connectivity index (χ1v) is 12.2. The van der Waals surface area contributed by atoms with Gasteiger partial charge in [0.05, 0.1) is 16.8 Å². The molecule has 2 saturated carbocycles. The Kier molecular flexibility index (Phi) is 6.11. The summed E-state index contributed by atoms with van der Waals surface area (Å²) in [6.07, 6.45) is 7.85.